The van der Waals surface area contributed by atoms with E-state index in [0.29, 0.717) is 0 Å². The van der Waals surface area contributed by atoms with Crippen molar-refractivity contribution >= 4 is 11.9 Å². The minimum atomic E-state index is 0.786. The molecule has 6 heteroatoms. The van der Waals surface area contributed by atoms with Gasteiger partial charge in [-0.2, -0.15) is 5.10 Å². The zero-order chi connectivity index (χ0) is 14.7. The number of aromatic nitrogens is 3. The van der Waals surface area contributed by atoms with Crippen molar-refractivity contribution in [2.75, 3.05) is 31.2 Å². The molecule has 0 saturated carbocycles. The molecule has 0 unspecified atom stereocenters. The summed E-state index contributed by atoms with van der Waals surface area (Å²) in [7, 11) is 0. The maximum Gasteiger partial charge on any atom is 0.151 e. The Morgan fingerprint density at radius 1 is 1.05 bits per heavy atom. The number of anilines is 1. The second-order valence-electron chi connectivity index (χ2n) is 5.04. The van der Waals surface area contributed by atoms with Crippen LogP contribution in [-0.2, 0) is 4.74 Å². The monoisotopic (exact) mass is 285 g/mol. The third kappa shape index (κ3) is 3.11. The van der Waals surface area contributed by atoms with Crippen LogP contribution in [0.15, 0.2) is 29.4 Å². The van der Waals surface area contributed by atoms with Crippen molar-refractivity contribution in [1.29, 1.82) is 0 Å². The Labute approximate surface area is 124 Å². The normalized spacial score (nSPS) is 15.8. The van der Waals surface area contributed by atoms with Crippen molar-refractivity contribution in [3.8, 4) is 0 Å². The lowest BCUT2D eigenvalue weighted by molar-refractivity contribution is 0.122. The molecule has 0 aliphatic carbocycles. The molecule has 6 nitrogen and oxygen atoms in total. The second kappa shape index (κ2) is 6.05. The van der Waals surface area contributed by atoms with Crippen LogP contribution in [0.5, 0.6) is 0 Å². The molecule has 0 atom stereocenters. The predicted molar refractivity (Wildman–Crippen MR) is 82.0 cm³/mol. The van der Waals surface area contributed by atoms with E-state index >= 15 is 0 Å². The van der Waals surface area contributed by atoms with Gasteiger partial charge in [0.1, 0.15) is 0 Å². The minimum absolute atomic E-state index is 0.786. The molecule has 1 saturated heterocycles. The highest BCUT2D eigenvalue weighted by molar-refractivity contribution is 5.80. The van der Waals surface area contributed by atoms with Crippen LogP contribution >= 0.6 is 0 Å². The first-order valence-corrected chi connectivity index (χ1v) is 7.10. The molecule has 0 bridgehead atoms. The second-order valence-corrected chi connectivity index (χ2v) is 5.04. The third-order valence-electron chi connectivity index (χ3n) is 3.54. The Morgan fingerprint density at radius 3 is 2.29 bits per heavy atom. The number of nitrogens with zero attached hydrogens (tertiary/aromatic N) is 5. The van der Waals surface area contributed by atoms with E-state index in [1.54, 1.807) is 4.68 Å². The lowest BCUT2D eigenvalue weighted by Gasteiger charge is -2.28. The highest BCUT2D eigenvalue weighted by Crippen LogP contribution is 2.16. The highest BCUT2D eigenvalue weighted by atomic mass is 16.5. The van der Waals surface area contributed by atoms with Gasteiger partial charge in [0.25, 0.3) is 0 Å². The van der Waals surface area contributed by atoms with Gasteiger partial charge in [0.05, 0.1) is 19.4 Å². The van der Waals surface area contributed by atoms with Crippen LogP contribution in [0.2, 0.25) is 0 Å². The van der Waals surface area contributed by atoms with Crippen molar-refractivity contribution in [2.45, 2.75) is 13.8 Å². The number of morpholine rings is 1. The van der Waals surface area contributed by atoms with Crippen molar-refractivity contribution in [3.63, 3.8) is 0 Å². The van der Waals surface area contributed by atoms with Crippen LogP contribution < -0.4 is 4.90 Å². The smallest absolute Gasteiger partial charge is 0.151 e. The fourth-order valence-corrected chi connectivity index (χ4v) is 2.35. The molecular formula is C15H19N5O. The van der Waals surface area contributed by atoms with Crippen LogP contribution in [0.4, 0.5) is 5.69 Å². The molecule has 21 heavy (non-hydrogen) atoms. The average Bonchev–Trinajstić information content (AvgIpc) is 2.85. The number of hydrogen-bond donors (Lipinski definition) is 0. The standard InChI is InChI=1S/C15H19N5O/c1-12-17-18-13(2)20(12)16-11-14-3-5-15(6-4-14)19-7-9-21-10-8-19/h3-6,11H,7-10H2,1-2H3/b16-11-. The Bertz CT molecular complexity index is 607. The fraction of sp³-hybridized carbons (Fsp3) is 0.400. The van der Waals surface area contributed by atoms with E-state index in [1.807, 2.05) is 20.1 Å². The summed E-state index contributed by atoms with van der Waals surface area (Å²) in [6.45, 7) is 7.28. The minimum Gasteiger partial charge on any atom is -0.378 e. The van der Waals surface area contributed by atoms with Crippen molar-refractivity contribution in [3.05, 3.63) is 41.5 Å². The Morgan fingerprint density at radius 2 is 1.67 bits per heavy atom. The average molecular weight is 285 g/mol. The van der Waals surface area contributed by atoms with Gasteiger partial charge >= 0.3 is 0 Å². The lowest BCUT2D eigenvalue weighted by atomic mass is 10.2. The predicted octanol–water partition coefficient (Wildman–Crippen LogP) is 1.61. The van der Waals surface area contributed by atoms with E-state index in [1.165, 1.54) is 5.69 Å². The van der Waals surface area contributed by atoms with E-state index < -0.39 is 0 Å². The fourth-order valence-electron chi connectivity index (χ4n) is 2.35. The molecule has 110 valence electrons. The molecule has 3 rings (SSSR count). The van der Waals surface area contributed by atoms with Gasteiger partial charge in [-0.15, -0.1) is 10.2 Å². The summed E-state index contributed by atoms with van der Waals surface area (Å²) in [5.74, 6) is 1.57. The first kappa shape index (κ1) is 13.8. The summed E-state index contributed by atoms with van der Waals surface area (Å²) in [5.41, 5.74) is 2.28. The van der Waals surface area contributed by atoms with Gasteiger partial charge in [-0.05, 0) is 31.5 Å². The number of rotatable bonds is 3. The van der Waals surface area contributed by atoms with E-state index in [0.717, 1.165) is 43.5 Å². The van der Waals surface area contributed by atoms with E-state index in [9.17, 15) is 0 Å². The summed E-state index contributed by atoms with van der Waals surface area (Å²) >= 11 is 0. The van der Waals surface area contributed by atoms with Crippen molar-refractivity contribution in [2.24, 2.45) is 5.10 Å². The molecule has 1 aliphatic heterocycles. The summed E-state index contributed by atoms with van der Waals surface area (Å²) in [4.78, 5) is 2.33. The molecule has 1 aromatic carbocycles. The van der Waals surface area contributed by atoms with Gasteiger partial charge in [0, 0.05) is 18.8 Å². The lowest BCUT2D eigenvalue weighted by Crippen LogP contribution is -2.36. The largest absolute Gasteiger partial charge is 0.378 e. The zero-order valence-corrected chi connectivity index (χ0v) is 12.4. The van der Waals surface area contributed by atoms with Gasteiger partial charge in [-0.25, -0.2) is 4.68 Å². The molecule has 0 radical (unpaired) electrons. The quantitative estimate of drug-likeness (QED) is 0.804. The van der Waals surface area contributed by atoms with E-state index in [4.69, 9.17) is 4.74 Å². The van der Waals surface area contributed by atoms with Gasteiger partial charge in [-0.1, -0.05) is 12.1 Å². The number of hydrogen-bond acceptors (Lipinski definition) is 5. The molecule has 0 amide bonds. The number of ether oxygens (including phenoxy) is 1. The van der Waals surface area contributed by atoms with Crippen LogP contribution in [0.1, 0.15) is 17.2 Å². The molecular weight excluding hydrogens is 266 g/mol. The Balaban J connectivity index is 1.72. The molecule has 1 aromatic heterocycles. The van der Waals surface area contributed by atoms with Gasteiger partial charge in [0.15, 0.2) is 11.6 Å². The Hall–Kier alpha value is -2.21. The summed E-state index contributed by atoms with van der Waals surface area (Å²) in [5, 5.41) is 12.4. The molecule has 1 aliphatic rings. The SMILES string of the molecule is Cc1nnc(C)n1/N=C\c1ccc(N2CCOCC2)cc1. The first-order valence-electron chi connectivity index (χ1n) is 7.10. The van der Waals surface area contributed by atoms with Gasteiger partial charge in [-0.3, -0.25) is 0 Å². The molecule has 0 N–H and O–H groups in total. The maximum absolute atomic E-state index is 5.37. The van der Waals surface area contributed by atoms with Crippen LogP contribution in [0.25, 0.3) is 0 Å². The molecule has 1 fully saturated rings. The van der Waals surface area contributed by atoms with Crippen LogP contribution in [0.3, 0.4) is 0 Å². The number of benzene rings is 1. The van der Waals surface area contributed by atoms with Crippen molar-refractivity contribution in [1.82, 2.24) is 14.9 Å². The van der Waals surface area contributed by atoms with E-state index in [2.05, 4.69) is 44.5 Å². The molecule has 2 heterocycles. The summed E-state index contributed by atoms with van der Waals surface area (Å²) in [6, 6.07) is 8.39. The zero-order valence-electron chi connectivity index (χ0n) is 12.4. The van der Waals surface area contributed by atoms with Crippen molar-refractivity contribution < 1.29 is 4.74 Å². The van der Waals surface area contributed by atoms with Gasteiger partial charge in [0.2, 0.25) is 0 Å². The Kier molecular flexibility index (Phi) is 3.96. The van der Waals surface area contributed by atoms with Gasteiger partial charge < -0.3 is 9.64 Å². The van der Waals surface area contributed by atoms with Crippen LogP contribution in [-0.4, -0.2) is 47.4 Å². The molecule has 2 aromatic rings. The maximum atomic E-state index is 5.37. The first-order chi connectivity index (χ1) is 10.2. The molecule has 0 spiro atoms. The third-order valence-corrected chi connectivity index (χ3v) is 3.54. The van der Waals surface area contributed by atoms with Crippen LogP contribution in [0, 0.1) is 13.8 Å². The number of aryl methyl sites for hydroxylation is 2. The summed E-state index contributed by atoms with van der Waals surface area (Å²) < 4.78 is 7.10. The topological polar surface area (TPSA) is 55.5 Å². The summed E-state index contributed by atoms with van der Waals surface area (Å²) in [6.07, 6.45) is 1.83. The highest BCUT2D eigenvalue weighted by Gasteiger charge is 2.10. The van der Waals surface area contributed by atoms with E-state index in [-0.39, 0.29) is 0 Å².